The Morgan fingerprint density at radius 3 is 2.58 bits per heavy atom. The third kappa shape index (κ3) is 4.50. The molecule has 13 heteroatoms. The first-order chi connectivity index (χ1) is 15.5. The Hall–Kier alpha value is -3.58. The highest BCUT2D eigenvalue weighted by molar-refractivity contribution is 8.42. The molecule has 2 aliphatic rings. The van der Waals surface area contributed by atoms with Gasteiger partial charge < -0.3 is 4.42 Å². The summed E-state index contributed by atoms with van der Waals surface area (Å²) in [4.78, 5) is 26.7. The first kappa shape index (κ1) is 22.6. The lowest BCUT2D eigenvalue weighted by Crippen LogP contribution is -2.35. The van der Waals surface area contributed by atoms with Crippen molar-refractivity contribution in [1.29, 1.82) is 5.41 Å². The molecule has 1 N–H and O–H groups in total. The summed E-state index contributed by atoms with van der Waals surface area (Å²) in [6, 6.07) is 8.96. The molecule has 0 fully saturated rings. The van der Waals surface area contributed by atoms with Gasteiger partial charge in [-0.05, 0) is 48.0 Å². The number of amides is 1. The SMILES string of the molecule is CC(C)CS(=O)(=O)C1=NN2C(=N)/C(=C/c3ccc(-c4ccc([N+](=O)[O-])cc4)o3)C(=O)N=C2S1. The molecule has 2 aromatic rings. The van der Waals surface area contributed by atoms with Crippen molar-refractivity contribution >= 4 is 54.6 Å². The molecule has 0 spiro atoms. The number of non-ortho nitro benzene ring substituents is 1. The topological polar surface area (TPSA) is 159 Å². The summed E-state index contributed by atoms with van der Waals surface area (Å²) < 4.78 is 30.5. The molecule has 1 amide bonds. The maximum Gasteiger partial charge on any atom is 0.283 e. The summed E-state index contributed by atoms with van der Waals surface area (Å²) in [5.74, 6) is -0.600. The number of hydrogen-bond acceptors (Lipinski definition) is 9. The molecule has 2 aliphatic heterocycles. The van der Waals surface area contributed by atoms with Gasteiger partial charge in [-0.2, -0.15) is 10.0 Å². The number of carbonyl (C=O) groups is 1. The zero-order valence-corrected chi connectivity index (χ0v) is 19.0. The normalized spacial score (nSPS) is 17.4. The molecular formula is C20H17N5O6S2. The molecule has 11 nitrogen and oxygen atoms in total. The van der Waals surface area contributed by atoms with Crippen molar-refractivity contribution in [2.45, 2.75) is 13.8 Å². The van der Waals surface area contributed by atoms with E-state index < -0.39 is 20.7 Å². The molecule has 4 rings (SSSR count). The number of sulfone groups is 1. The van der Waals surface area contributed by atoms with Crippen molar-refractivity contribution in [2.75, 3.05) is 5.75 Å². The van der Waals surface area contributed by atoms with Gasteiger partial charge in [-0.25, -0.2) is 8.42 Å². The van der Waals surface area contributed by atoms with Gasteiger partial charge in [0, 0.05) is 17.7 Å². The van der Waals surface area contributed by atoms with Crippen LogP contribution in [0.3, 0.4) is 0 Å². The maximum atomic E-state index is 12.5. The van der Waals surface area contributed by atoms with Crippen molar-refractivity contribution in [3.8, 4) is 11.3 Å². The van der Waals surface area contributed by atoms with Crippen molar-refractivity contribution < 1.29 is 22.6 Å². The maximum absolute atomic E-state index is 12.5. The van der Waals surface area contributed by atoms with Crippen LogP contribution in [0.2, 0.25) is 0 Å². The third-order valence-electron chi connectivity index (χ3n) is 4.53. The van der Waals surface area contributed by atoms with Crippen LogP contribution in [0, 0.1) is 21.4 Å². The molecule has 0 saturated heterocycles. The van der Waals surface area contributed by atoms with E-state index in [9.17, 15) is 23.3 Å². The molecule has 170 valence electrons. The molecule has 0 radical (unpaired) electrons. The van der Waals surface area contributed by atoms with E-state index in [2.05, 4.69) is 10.1 Å². The van der Waals surface area contributed by atoms with E-state index in [4.69, 9.17) is 9.83 Å². The fourth-order valence-corrected chi connectivity index (χ4v) is 5.87. The minimum atomic E-state index is -3.67. The molecule has 1 aromatic heterocycles. The van der Waals surface area contributed by atoms with E-state index in [1.54, 1.807) is 26.0 Å². The van der Waals surface area contributed by atoms with Gasteiger partial charge in [0.2, 0.25) is 19.4 Å². The molecule has 0 aliphatic carbocycles. The Kier molecular flexibility index (Phi) is 5.76. The molecule has 0 bridgehead atoms. The highest BCUT2D eigenvalue weighted by atomic mass is 32.3. The van der Waals surface area contributed by atoms with E-state index in [-0.39, 0.29) is 44.1 Å². The van der Waals surface area contributed by atoms with Crippen molar-refractivity contribution in [1.82, 2.24) is 5.01 Å². The quantitative estimate of drug-likeness (QED) is 0.381. The summed E-state index contributed by atoms with van der Waals surface area (Å²) in [7, 11) is -3.67. The van der Waals surface area contributed by atoms with Crippen LogP contribution in [0.25, 0.3) is 17.4 Å². The van der Waals surface area contributed by atoms with Crippen LogP contribution in [0.15, 0.2) is 56.5 Å². The number of nitrogens with one attached hydrogen (secondary N) is 1. The van der Waals surface area contributed by atoms with Gasteiger partial charge in [0.25, 0.3) is 11.6 Å². The van der Waals surface area contributed by atoms with Crippen molar-refractivity contribution in [3.05, 3.63) is 57.8 Å². The lowest BCUT2D eigenvalue weighted by Gasteiger charge is -2.19. The number of carbonyl (C=O) groups excluding carboxylic acids is 1. The molecular weight excluding hydrogens is 470 g/mol. The fraction of sp³-hybridized carbons (Fsp3) is 0.200. The van der Waals surface area contributed by atoms with Crippen LogP contribution in [0.5, 0.6) is 0 Å². The zero-order chi connectivity index (χ0) is 23.9. The average Bonchev–Trinajstić information content (AvgIpc) is 3.38. The fourth-order valence-electron chi connectivity index (χ4n) is 3.09. The van der Waals surface area contributed by atoms with Crippen LogP contribution >= 0.6 is 11.8 Å². The molecule has 0 atom stereocenters. The molecule has 1 aromatic carbocycles. The second-order valence-corrected chi connectivity index (χ2v) is 10.7. The minimum Gasteiger partial charge on any atom is -0.457 e. The highest BCUT2D eigenvalue weighted by Gasteiger charge is 2.40. The van der Waals surface area contributed by atoms with Gasteiger partial charge >= 0.3 is 0 Å². The summed E-state index contributed by atoms with van der Waals surface area (Å²) >= 11 is 0.742. The molecule has 33 heavy (non-hydrogen) atoms. The predicted molar refractivity (Wildman–Crippen MR) is 124 cm³/mol. The average molecular weight is 488 g/mol. The zero-order valence-electron chi connectivity index (χ0n) is 17.4. The number of nitro benzene ring substituents is 1. The Morgan fingerprint density at radius 1 is 1.24 bits per heavy atom. The van der Waals surface area contributed by atoms with Gasteiger partial charge in [-0.1, -0.05) is 13.8 Å². The number of benzene rings is 1. The molecule has 0 unspecified atom stereocenters. The number of thioether (sulfide) groups is 1. The van der Waals surface area contributed by atoms with Gasteiger partial charge in [0.15, 0.2) is 5.84 Å². The van der Waals surface area contributed by atoms with Crippen LogP contribution in [-0.2, 0) is 14.6 Å². The summed E-state index contributed by atoms with van der Waals surface area (Å²) in [5, 5.41) is 24.2. The largest absolute Gasteiger partial charge is 0.457 e. The standard InChI is InChI=1S/C20H17N5O6S2/c1-11(2)10-33(29,30)20-23-24-17(21)15(18(26)22-19(24)32-20)9-14-7-8-16(31-14)12-3-5-13(6-4-12)25(27)28/h3-9,11,21H,10H2,1-2H3/b15-9-,21-17?. The van der Waals surface area contributed by atoms with E-state index in [1.807, 2.05) is 0 Å². The Bertz CT molecular complexity index is 1370. The minimum absolute atomic E-state index is 0.00972. The second-order valence-electron chi connectivity index (χ2n) is 7.57. The number of aliphatic imine (C=N–C) groups is 1. The number of furan rings is 1. The van der Waals surface area contributed by atoms with Gasteiger partial charge in [-0.15, -0.1) is 5.10 Å². The lowest BCUT2D eigenvalue weighted by molar-refractivity contribution is -0.384. The molecule has 3 heterocycles. The number of amidine groups is 2. The Morgan fingerprint density at radius 2 is 1.94 bits per heavy atom. The monoisotopic (exact) mass is 487 g/mol. The first-order valence-corrected chi connectivity index (χ1v) is 12.1. The van der Waals surface area contributed by atoms with Gasteiger partial charge in [0.05, 0.1) is 16.2 Å². The third-order valence-corrected chi connectivity index (χ3v) is 7.96. The van der Waals surface area contributed by atoms with Crippen LogP contribution < -0.4 is 0 Å². The van der Waals surface area contributed by atoms with E-state index in [0.29, 0.717) is 11.3 Å². The summed E-state index contributed by atoms with van der Waals surface area (Å²) in [5.41, 5.74) is 0.424. The smallest absolute Gasteiger partial charge is 0.283 e. The summed E-state index contributed by atoms with van der Waals surface area (Å²) in [6.45, 7) is 3.53. The van der Waals surface area contributed by atoms with E-state index in [0.717, 1.165) is 16.8 Å². The first-order valence-electron chi connectivity index (χ1n) is 9.63. The molecule has 0 saturated carbocycles. The number of nitrogens with zero attached hydrogens (tertiary/aromatic N) is 4. The number of nitro groups is 1. The number of fused-ring (bicyclic) bond motifs is 1. The van der Waals surface area contributed by atoms with Crippen molar-refractivity contribution in [2.24, 2.45) is 16.0 Å². The van der Waals surface area contributed by atoms with Crippen LogP contribution in [0.1, 0.15) is 19.6 Å². The summed E-state index contributed by atoms with van der Waals surface area (Å²) in [6.07, 6.45) is 1.32. The second kappa shape index (κ2) is 8.41. The number of hydrazone groups is 1. The number of hydrogen-bond donors (Lipinski definition) is 1. The number of rotatable bonds is 5. The Balaban J connectivity index is 1.60. The van der Waals surface area contributed by atoms with Gasteiger partial charge in [-0.3, -0.25) is 20.3 Å². The van der Waals surface area contributed by atoms with Crippen LogP contribution in [-0.4, -0.2) is 45.4 Å². The van der Waals surface area contributed by atoms with E-state index >= 15 is 0 Å². The Labute approximate surface area is 192 Å². The predicted octanol–water partition coefficient (Wildman–Crippen LogP) is 3.50. The van der Waals surface area contributed by atoms with E-state index in [1.165, 1.54) is 30.3 Å². The van der Waals surface area contributed by atoms with Crippen LogP contribution in [0.4, 0.5) is 5.69 Å². The highest BCUT2D eigenvalue weighted by Crippen LogP contribution is 2.32. The lowest BCUT2D eigenvalue weighted by atomic mass is 10.1. The van der Waals surface area contributed by atoms with Gasteiger partial charge in [0.1, 0.15) is 11.5 Å². The van der Waals surface area contributed by atoms with Crippen molar-refractivity contribution in [3.63, 3.8) is 0 Å².